The van der Waals surface area contributed by atoms with Crippen LogP contribution in [-0.2, 0) is 20.0 Å². The van der Waals surface area contributed by atoms with Crippen LogP contribution in [-0.4, -0.2) is 49.1 Å². The van der Waals surface area contributed by atoms with E-state index in [0.717, 1.165) is 11.3 Å². The number of carboxylic acid groups (broad SMARTS) is 1. The summed E-state index contributed by atoms with van der Waals surface area (Å²) in [5, 5.41) is 9.34. The molecule has 1 aliphatic carbocycles. The number of rotatable bonds is 3. The zero-order chi connectivity index (χ0) is 15.3. The van der Waals surface area contributed by atoms with Crippen LogP contribution >= 0.6 is 0 Å². The third kappa shape index (κ3) is 2.50. The van der Waals surface area contributed by atoms with Crippen molar-refractivity contribution in [1.82, 2.24) is 4.98 Å². The molecule has 0 aromatic carbocycles. The molecule has 2 heterocycles. The Hall–Kier alpha value is -1.63. The van der Waals surface area contributed by atoms with E-state index in [2.05, 4.69) is 4.98 Å². The molecule has 1 saturated carbocycles. The van der Waals surface area contributed by atoms with Crippen LogP contribution in [0.5, 0.6) is 0 Å². The minimum absolute atomic E-state index is 0.160. The molecule has 1 aromatic rings. The Morgan fingerprint density at radius 1 is 1.33 bits per heavy atom. The lowest BCUT2D eigenvalue weighted by atomic mass is 9.97. The van der Waals surface area contributed by atoms with E-state index in [-0.39, 0.29) is 11.5 Å². The molecule has 1 N–H and O–H groups in total. The van der Waals surface area contributed by atoms with Crippen LogP contribution in [0.1, 0.15) is 24.1 Å². The number of carboxylic acids is 1. The lowest BCUT2D eigenvalue weighted by Gasteiger charge is -2.29. The molecule has 6 nitrogen and oxygen atoms in total. The van der Waals surface area contributed by atoms with Crippen molar-refractivity contribution in [2.75, 3.05) is 29.5 Å². The maximum Gasteiger partial charge on any atom is 0.315 e. The standard InChI is InChI=1S/C14H18N2O4S/c1-10-8-11(16-4-6-21(19,20)7-5-16)9-15-12(10)14(2-3-14)13(17)18/h8-9H,2-7H2,1H3,(H,17,18). The first-order valence-electron chi connectivity index (χ1n) is 7.00. The second-order valence-electron chi connectivity index (χ2n) is 5.89. The average molecular weight is 310 g/mol. The van der Waals surface area contributed by atoms with Gasteiger partial charge in [-0.2, -0.15) is 0 Å². The first-order valence-corrected chi connectivity index (χ1v) is 8.82. The number of carbonyl (C=O) groups is 1. The van der Waals surface area contributed by atoms with Crippen LogP contribution in [0, 0.1) is 6.92 Å². The number of nitrogens with zero attached hydrogens (tertiary/aromatic N) is 2. The molecular weight excluding hydrogens is 292 g/mol. The highest BCUT2D eigenvalue weighted by Crippen LogP contribution is 2.48. The molecule has 2 aliphatic rings. The molecule has 0 bridgehead atoms. The number of hydrogen-bond donors (Lipinski definition) is 1. The molecule has 2 fully saturated rings. The molecule has 1 aliphatic heterocycles. The quantitative estimate of drug-likeness (QED) is 0.886. The van der Waals surface area contributed by atoms with Crippen LogP contribution in [0.4, 0.5) is 5.69 Å². The molecule has 0 unspecified atom stereocenters. The summed E-state index contributed by atoms with van der Waals surface area (Å²) in [4.78, 5) is 17.7. The summed E-state index contributed by atoms with van der Waals surface area (Å²) in [6.07, 6.45) is 2.94. The van der Waals surface area contributed by atoms with Gasteiger partial charge in [0.2, 0.25) is 0 Å². The summed E-state index contributed by atoms with van der Waals surface area (Å²) in [5.41, 5.74) is 1.57. The van der Waals surface area contributed by atoms with E-state index in [4.69, 9.17) is 0 Å². The van der Waals surface area contributed by atoms with E-state index in [1.807, 2.05) is 17.9 Å². The first-order chi connectivity index (χ1) is 9.84. The predicted molar refractivity (Wildman–Crippen MR) is 78.4 cm³/mol. The zero-order valence-corrected chi connectivity index (χ0v) is 12.7. The molecule has 114 valence electrons. The van der Waals surface area contributed by atoms with Crippen molar-refractivity contribution in [3.8, 4) is 0 Å². The van der Waals surface area contributed by atoms with Crippen LogP contribution < -0.4 is 4.90 Å². The number of pyridine rings is 1. The molecule has 3 rings (SSSR count). The Labute approximate surface area is 123 Å². The van der Waals surface area contributed by atoms with Crippen molar-refractivity contribution in [3.63, 3.8) is 0 Å². The Balaban J connectivity index is 1.84. The topological polar surface area (TPSA) is 87.6 Å². The summed E-state index contributed by atoms with van der Waals surface area (Å²) in [7, 11) is -2.91. The summed E-state index contributed by atoms with van der Waals surface area (Å²) in [5.74, 6) is -0.491. The van der Waals surface area contributed by atoms with Gasteiger partial charge < -0.3 is 10.0 Å². The lowest BCUT2D eigenvalue weighted by Crippen LogP contribution is -2.40. The maximum absolute atomic E-state index is 11.5. The fourth-order valence-electron chi connectivity index (χ4n) is 2.88. The van der Waals surface area contributed by atoms with Gasteiger partial charge in [0.1, 0.15) is 5.41 Å². The van der Waals surface area contributed by atoms with E-state index in [1.54, 1.807) is 6.20 Å². The first kappa shape index (κ1) is 14.3. The molecule has 1 saturated heterocycles. The Kier molecular flexibility index (Phi) is 3.20. The minimum Gasteiger partial charge on any atom is -0.481 e. The fourth-order valence-corrected chi connectivity index (χ4v) is 4.08. The van der Waals surface area contributed by atoms with Crippen LogP contribution in [0.3, 0.4) is 0 Å². The van der Waals surface area contributed by atoms with Gasteiger partial charge in [0, 0.05) is 13.1 Å². The van der Waals surface area contributed by atoms with Crippen LogP contribution in [0.25, 0.3) is 0 Å². The second kappa shape index (κ2) is 4.69. The molecule has 0 amide bonds. The predicted octanol–water partition coefficient (Wildman–Crippen LogP) is 0.741. The molecule has 0 spiro atoms. The monoisotopic (exact) mass is 310 g/mol. The number of sulfone groups is 1. The van der Waals surface area contributed by atoms with E-state index < -0.39 is 21.2 Å². The van der Waals surface area contributed by atoms with E-state index in [9.17, 15) is 18.3 Å². The highest BCUT2D eigenvalue weighted by atomic mass is 32.2. The van der Waals surface area contributed by atoms with Gasteiger partial charge in [-0.1, -0.05) is 0 Å². The molecule has 7 heteroatoms. The number of anilines is 1. The third-order valence-corrected chi connectivity index (χ3v) is 6.00. The van der Waals surface area contributed by atoms with Gasteiger partial charge in [0.05, 0.1) is 29.1 Å². The van der Waals surface area contributed by atoms with Crippen LogP contribution in [0.2, 0.25) is 0 Å². The largest absolute Gasteiger partial charge is 0.481 e. The number of aryl methyl sites for hydroxylation is 1. The van der Waals surface area contributed by atoms with E-state index in [1.165, 1.54) is 0 Å². The van der Waals surface area contributed by atoms with Gasteiger partial charge in [-0.05, 0) is 31.4 Å². The van der Waals surface area contributed by atoms with Gasteiger partial charge in [-0.25, -0.2) is 8.42 Å². The zero-order valence-electron chi connectivity index (χ0n) is 11.9. The SMILES string of the molecule is Cc1cc(N2CCS(=O)(=O)CC2)cnc1C1(C(=O)O)CC1. The highest BCUT2D eigenvalue weighted by Gasteiger charge is 2.53. The molecule has 0 radical (unpaired) electrons. The van der Waals surface area contributed by atoms with E-state index >= 15 is 0 Å². The molecule has 0 atom stereocenters. The molecule has 1 aromatic heterocycles. The Morgan fingerprint density at radius 2 is 1.95 bits per heavy atom. The van der Waals surface area contributed by atoms with Gasteiger partial charge in [-0.15, -0.1) is 0 Å². The van der Waals surface area contributed by atoms with Crippen molar-refractivity contribution in [2.45, 2.75) is 25.2 Å². The molecule has 21 heavy (non-hydrogen) atoms. The fraction of sp³-hybridized carbons (Fsp3) is 0.571. The van der Waals surface area contributed by atoms with Crippen molar-refractivity contribution in [1.29, 1.82) is 0 Å². The highest BCUT2D eigenvalue weighted by molar-refractivity contribution is 7.91. The number of hydrogen-bond acceptors (Lipinski definition) is 5. The Morgan fingerprint density at radius 3 is 2.43 bits per heavy atom. The third-order valence-electron chi connectivity index (χ3n) is 4.39. The summed E-state index contributed by atoms with van der Waals surface area (Å²) >= 11 is 0. The summed E-state index contributed by atoms with van der Waals surface area (Å²) in [6, 6.07) is 1.92. The van der Waals surface area contributed by atoms with Crippen molar-refractivity contribution < 1.29 is 18.3 Å². The number of aliphatic carboxylic acids is 1. The second-order valence-corrected chi connectivity index (χ2v) is 8.19. The Bertz CT molecular complexity index is 681. The van der Waals surface area contributed by atoms with E-state index in [0.29, 0.717) is 31.6 Å². The number of aromatic nitrogens is 1. The van der Waals surface area contributed by atoms with Gasteiger partial charge in [0.15, 0.2) is 9.84 Å². The smallest absolute Gasteiger partial charge is 0.315 e. The van der Waals surface area contributed by atoms with Gasteiger partial charge >= 0.3 is 5.97 Å². The van der Waals surface area contributed by atoms with Gasteiger partial charge in [-0.3, -0.25) is 9.78 Å². The summed E-state index contributed by atoms with van der Waals surface area (Å²) < 4.78 is 22.9. The van der Waals surface area contributed by atoms with Crippen molar-refractivity contribution in [2.24, 2.45) is 0 Å². The average Bonchev–Trinajstić information content (AvgIpc) is 3.20. The van der Waals surface area contributed by atoms with Gasteiger partial charge in [0.25, 0.3) is 0 Å². The molecular formula is C14H18N2O4S. The minimum atomic E-state index is -2.91. The van der Waals surface area contributed by atoms with Crippen molar-refractivity contribution >= 4 is 21.5 Å². The summed E-state index contributed by atoms with van der Waals surface area (Å²) in [6.45, 7) is 2.80. The lowest BCUT2D eigenvalue weighted by molar-refractivity contribution is -0.140. The normalized spacial score (nSPS) is 22.8. The van der Waals surface area contributed by atoms with Crippen molar-refractivity contribution in [3.05, 3.63) is 23.5 Å². The van der Waals surface area contributed by atoms with Crippen LogP contribution in [0.15, 0.2) is 12.3 Å². The maximum atomic E-state index is 11.5.